The summed E-state index contributed by atoms with van der Waals surface area (Å²) in [6.45, 7) is 6.61. The molecule has 0 aliphatic carbocycles. The molecule has 9 nitrogen and oxygen atoms in total. The van der Waals surface area contributed by atoms with Gasteiger partial charge in [0.25, 0.3) is 6.01 Å². The summed E-state index contributed by atoms with van der Waals surface area (Å²) in [6.07, 6.45) is 2.27. The van der Waals surface area contributed by atoms with Gasteiger partial charge in [0, 0.05) is 29.7 Å². The summed E-state index contributed by atoms with van der Waals surface area (Å²) >= 11 is 19.9. The van der Waals surface area contributed by atoms with Gasteiger partial charge in [-0.2, -0.15) is 4.98 Å². The lowest BCUT2D eigenvalue weighted by atomic mass is 9.88. The van der Waals surface area contributed by atoms with Crippen molar-refractivity contribution in [1.82, 2.24) is 14.9 Å². The molecule has 0 radical (unpaired) electrons. The van der Waals surface area contributed by atoms with E-state index in [2.05, 4.69) is 4.98 Å². The molecule has 5 heterocycles. The van der Waals surface area contributed by atoms with Crippen molar-refractivity contribution in [2.75, 3.05) is 18.0 Å². The molecule has 2 bridgehead atoms. The van der Waals surface area contributed by atoms with Crippen LogP contribution < -0.4 is 9.64 Å². The normalized spacial score (nSPS) is 18.6. The fourth-order valence-electron chi connectivity index (χ4n) is 4.98. The van der Waals surface area contributed by atoms with Crippen molar-refractivity contribution in [3.05, 3.63) is 56.5 Å². The molecule has 3 aliphatic heterocycles. The highest BCUT2D eigenvalue weighted by Crippen LogP contribution is 2.41. The minimum Gasteiger partial charge on any atom is -0.444 e. The second kappa shape index (κ2) is 10.1. The summed E-state index contributed by atoms with van der Waals surface area (Å²) in [7, 11) is 0. The van der Waals surface area contributed by atoms with Gasteiger partial charge in [-0.05, 0) is 51.5 Å². The summed E-state index contributed by atoms with van der Waals surface area (Å²) in [4.78, 5) is 38.8. The summed E-state index contributed by atoms with van der Waals surface area (Å²) < 4.78 is 17.6. The number of hydrogen-bond donors (Lipinski definition) is 0. The molecule has 0 N–H and O–H groups in total. The van der Waals surface area contributed by atoms with E-state index in [-0.39, 0.29) is 39.5 Å². The Kier molecular flexibility index (Phi) is 6.85. The highest BCUT2D eigenvalue weighted by Gasteiger charge is 2.49. The minimum atomic E-state index is -0.758. The van der Waals surface area contributed by atoms with Crippen LogP contribution in [-0.2, 0) is 4.74 Å². The van der Waals surface area contributed by atoms with Gasteiger partial charge in [-0.3, -0.25) is 4.90 Å². The third-order valence-electron chi connectivity index (χ3n) is 6.64. The molecule has 2 atom stereocenters. The van der Waals surface area contributed by atoms with Gasteiger partial charge in [0.15, 0.2) is 16.8 Å². The molecule has 0 saturated carbocycles. The van der Waals surface area contributed by atoms with Crippen LogP contribution in [0.2, 0.25) is 15.1 Å². The predicted octanol–water partition coefficient (Wildman–Crippen LogP) is 7.33. The Hall–Kier alpha value is -3.05. The van der Waals surface area contributed by atoms with Gasteiger partial charge >= 0.3 is 12.1 Å². The first kappa shape index (κ1) is 27.1. The second-order valence-corrected chi connectivity index (χ2v) is 12.7. The number of oxazole rings is 1. The third-order valence-corrected chi connectivity index (χ3v) is 8.26. The van der Waals surface area contributed by atoms with Crippen LogP contribution in [-0.4, -0.2) is 57.7 Å². The lowest BCUT2D eigenvalue weighted by Gasteiger charge is -2.55. The largest absolute Gasteiger partial charge is 0.444 e. The molecule has 40 heavy (non-hydrogen) atoms. The van der Waals surface area contributed by atoms with Crippen LogP contribution in [0.25, 0.3) is 21.7 Å². The van der Waals surface area contributed by atoms with Crippen LogP contribution in [0.3, 0.4) is 0 Å². The smallest absolute Gasteiger partial charge is 0.410 e. The lowest BCUT2D eigenvalue weighted by molar-refractivity contribution is -0.0386. The molecule has 3 fully saturated rings. The molecule has 4 aromatic rings. The van der Waals surface area contributed by atoms with Gasteiger partial charge in [0.1, 0.15) is 10.6 Å². The Morgan fingerprint density at radius 2 is 1.80 bits per heavy atom. The minimum absolute atomic E-state index is 0.00745. The molecule has 7 rings (SSSR count). The van der Waals surface area contributed by atoms with Crippen molar-refractivity contribution < 1.29 is 23.5 Å². The molecule has 2 aromatic carbocycles. The second-order valence-electron chi connectivity index (χ2n) is 10.6. The molecule has 3 saturated heterocycles. The summed E-state index contributed by atoms with van der Waals surface area (Å²) in [5, 5.41) is 3.03. The number of amides is 1. The van der Waals surface area contributed by atoms with Gasteiger partial charge in [-0.25, -0.2) is 14.6 Å². The number of esters is 1. The molecule has 1 amide bonds. The van der Waals surface area contributed by atoms with Gasteiger partial charge in [-0.15, -0.1) is 11.3 Å². The number of halogens is 3. The predicted molar refractivity (Wildman–Crippen MR) is 154 cm³/mol. The highest BCUT2D eigenvalue weighted by molar-refractivity contribution is 7.13. The van der Waals surface area contributed by atoms with E-state index in [1.54, 1.807) is 23.2 Å². The number of piperazine rings is 1. The maximum Gasteiger partial charge on any atom is 0.410 e. The third kappa shape index (κ3) is 4.98. The van der Waals surface area contributed by atoms with Crippen molar-refractivity contribution in [1.29, 1.82) is 0 Å². The SMILES string of the molecule is CC(C)(C)OC(=O)N1C2CC1CN(c1nc3c(OC(=O)c4c(Cl)cc(Cl)cc4Cl)ccc(-c4nccs4)c3o1)C2. The first-order valence-electron chi connectivity index (χ1n) is 12.4. The fourth-order valence-corrected chi connectivity index (χ4v) is 6.61. The van der Waals surface area contributed by atoms with Crippen LogP contribution in [0.4, 0.5) is 10.8 Å². The highest BCUT2D eigenvalue weighted by atomic mass is 35.5. The number of hydrogen-bond acceptors (Lipinski definition) is 9. The van der Waals surface area contributed by atoms with Crippen LogP contribution in [0.5, 0.6) is 5.75 Å². The number of ether oxygens (including phenoxy) is 2. The average Bonchev–Trinajstić information content (AvgIpc) is 3.53. The average molecular weight is 622 g/mol. The van der Waals surface area contributed by atoms with Crippen LogP contribution in [0.15, 0.2) is 40.3 Å². The number of carbonyl (C=O) groups excluding carboxylic acids is 2. The van der Waals surface area contributed by atoms with E-state index in [1.165, 1.54) is 23.5 Å². The fraction of sp³-hybridized carbons (Fsp3) is 0.333. The molecule has 13 heteroatoms. The van der Waals surface area contributed by atoms with Gasteiger partial charge in [-0.1, -0.05) is 34.8 Å². The summed E-state index contributed by atoms with van der Waals surface area (Å²) in [6, 6.07) is 6.56. The molecular formula is C27H23Cl3N4O5S. The number of anilines is 1. The van der Waals surface area contributed by atoms with Crippen LogP contribution >= 0.6 is 46.1 Å². The number of rotatable bonds is 4. The molecule has 3 aliphatic rings. The topological polar surface area (TPSA) is 98.0 Å². The monoisotopic (exact) mass is 620 g/mol. The number of aromatic nitrogens is 2. The molecular weight excluding hydrogens is 599 g/mol. The van der Waals surface area contributed by atoms with Crippen molar-refractivity contribution >= 4 is 75.3 Å². The number of benzene rings is 2. The van der Waals surface area contributed by atoms with Crippen LogP contribution in [0.1, 0.15) is 37.6 Å². The van der Waals surface area contributed by atoms with E-state index in [0.29, 0.717) is 40.8 Å². The maximum absolute atomic E-state index is 13.1. The van der Waals surface area contributed by atoms with Crippen molar-refractivity contribution in [3.63, 3.8) is 0 Å². The Morgan fingerprint density at radius 1 is 1.10 bits per heavy atom. The van der Waals surface area contributed by atoms with Crippen molar-refractivity contribution in [2.45, 2.75) is 44.9 Å². The number of nitrogens with zero attached hydrogens (tertiary/aromatic N) is 4. The number of piperidine rings is 1. The first-order valence-corrected chi connectivity index (χ1v) is 14.5. The van der Waals surface area contributed by atoms with Gasteiger partial charge in [0.2, 0.25) is 0 Å². The summed E-state index contributed by atoms with van der Waals surface area (Å²) in [5.74, 6) is -0.582. The van der Waals surface area contributed by atoms with Crippen LogP contribution in [0, 0.1) is 0 Å². The van der Waals surface area contributed by atoms with E-state index < -0.39 is 11.6 Å². The number of fused-ring (bicyclic) bond motifs is 3. The number of carbonyl (C=O) groups is 2. The molecule has 208 valence electrons. The Labute approximate surface area is 248 Å². The van der Waals surface area contributed by atoms with Crippen molar-refractivity contribution in [3.8, 4) is 16.3 Å². The standard InChI is InChI=1S/C27H23Cl3N4O5S/c1-27(2,3)39-26(36)34-14-10-15(34)12-33(11-14)25-32-21-19(5-4-16(22(21)38-25)23-31-6-7-40-23)37-24(35)20-17(29)8-13(28)9-18(20)30/h4-9,14-15H,10-12H2,1-3H3. The van der Waals surface area contributed by atoms with E-state index in [9.17, 15) is 9.59 Å². The zero-order valence-corrected chi connectivity index (χ0v) is 24.7. The molecule has 2 aromatic heterocycles. The molecule has 0 spiro atoms. The van der Waals surface area contributed by atoms with E-state index in [4.69, 9.17) is 53.7 Å². The summed E-state index contributed by atoms with van der Waals surface area (Å²) in [5.41, 5.74) is 0.907. The van der Waals surface area contributed by atoms with E-state index in [0.717, 1.165) is 11.4 Å². The zero-order chi connectivity index (χ0) is 28.3. The van der Waals surface area contributed by atoms with E-state index >= 15 is 0 Å². The Bertz CT molecular complexity index is 1600. The van der Waals surface area contributed by atoms with E-state index in [1.807, 2.05) is 31.1 Å². The maximum atomic E-state index is 13.1. The van der Waals surface area contributed by atoms with Gasteiger partial charge < -0.3 is 18.8 Å². The number of thiazole rings is 1. The quantitative estimate of drug-likeness (QED) is 0.173. The van der Waals surface area contributed by atoms with Crippen molar-refractivity contribution in [2.24, 2.45) is 0 Å². The lowest BCUT2D eigenvalue weighted by Crippen LogP contribution is -2.70. The van der Waals surface area contributed by atoms with Gasteiger partial charge in [0.05, 0.1) is 33.3 Å². The first-order chi connectivity index (χ1) is 19.0. The molecule has 2 unspecified atom stereocenters. The Morgan fingerprint density at radius 3 is 2.42 bits per heavy atom. The zero-order valence-electron chi connectivity index (χ0n) is 21.6. The Balaban J connectivity index is 1.32.